The van der Waals surface area contributed by atoms with Crippen molar-refractivity contribution in [3.8, 4) is 22.8 Å². The third-order valence-corrected chi connectivity index (χ3v) is 8.14. The highest BCUT2D eigenvalue weighted by atomic mass is 19.1. The summed E-state index contributed by atoms with van der Waals surface area (Å²) in [6.45, 7) is 11.8. The number of likely N-dealkylation sites (tertiary alicyclic amines) is 2. The number of benzene rings is 2. The van der Waals surface area contributed by atoms with E-state index in [-0.39, 0.29) is 23.7 Å². The van der Waals surface area contributed by atoms with Gasteiger partial charge in [-0.1, -0.05) is 0 Å². The molecule has 4 aromatic rings. The van der Waals surface area contributed by atoms with Gasteiger partial charge < -0.3 is 24.2 Å². The first kappa shape index (κ1) is 33.0. The maximum Gasteiger partial charge on any atom is 0.410 e. The summed E-state index contributed by atoms with van der Waals surface area (Å²) in [5.41, 5.74) is 1.35. The normalized spacial score (nSPS) is 18.4. The average molecular weight is 661 g/mol. The molecule has 13 heteroatoms. The lowest BCUT2D eigenvalue weighted by Gasteiger charge is -2.28. The largest absolute Gasteiger partial charge is 0.444 e. The Morgan fingerprint density at radius 1 is 0.917 bits per heavy atom. The number of nitrogens with zero attached hydrogens (tertiary/aromatic N) is 4. The Kier molecular flexibility index (Phi) is 8.65. The van der Waals surface area contributed by atoms with Crippen LogP contribution < -0.4 is 5.32 Å². The van der Waals surface area contributed by atoms with E-state index in [4.69, 9.17) is 18.9 Å². The SMILES string of the molecule is CC(C)(C)OC(=O)N1CCC[C@H]1C(=O)Nc1ccc(-c2ncc(-c3ccc4nc([C@@H]5CCCN5C(=O)OC(C)(C)C)[nH]c4c3)o2)cc1F. The maximum atomic E-state index is 15.2. The Morgan fingerprint density at radius 3 is 2.29 bits per heavy atom. The summed E-state index contributed by atoms with van der Waals surface area (Å²) >= 11 is 0. The van der Waals surface area contributed by atoms with Crippen LogP contribution in [-0.2, 0) is 14.3 Å². The highest BCUT2D eigenvalue weighted by Gasteiger charge is 2.37. The van der Waals surface area contributed by atoms with Crippen molar-refractivity contribution in [2.24, 2.45) is 0 Å². The van der Waals surface area contributed by atoms with Gasteiger partial charge in [0, 0.05) is 24.2 Å². The third-order valence-electron chi connectivity index (χ3n) is 8.14. The number of carbonyl (C=O) groups excluding carboxylic acids is 3. The van der Waals surface area contributed by atoms with Crippen molar-refractivity contribution in [2.45, 2.75) is 90.5 Å². The molecule has 12 nitrogen and oxygen atoms in total. The molecule has 2 atom stereocenters. The summed E-state index contributed by atoms with van der Waals surface area (Å²) in [6, 6.07) is 8.96. The Balaban J connectivity index is 1.14. The van der Waals surface area contributed by atoms with Crippen LogP contribution in [0.2, 0.25) is 0 Å². The van der Waals surface area contributed by atoms with Crippen molar-refractivity contribution >= 4 is 34.8 Å². The van der Waals surface area contributed by atoms with E-state index in [1.807, 2.05) is 39.0 Å². The quantitative estimate of drug-likeness (QED) is 0.225. The van der Waals surface area contributed by atoms with E-state index in [9.17, 15) is 14.4 Å². The molecule has 3 amide bonds. The lowest BCUT2D eigenvalue weighted by Crippen LogP contribution is -2.45. The number of oxazole rings is 1. The van der Waals surface area contributed by atoms with Crippen molar-refractivity contribution in [1.82, 2.24) is 24.8 Å². The predicted molar refractivity (Wildman–Crippen MR) is 176 cm³/mol. The van der Waals surface area contributed by atoms with Gasteiger partial charge >= 0.3 is 12.2 Å². The topological polar surface area (TPSA) is 143 Å². The molecule has 2 fully saturated rings. The van der Waals surface area contributed by atoms with Gasteiger partial charge in [-0.15, -0.1) is 0 Å². The fourth-order valence-electron chi connectivity index (χ4n) is 6.02. The molecule has 48 heavy (non-hydrogen) atoms. The van der Waals surface area contributed by atoms with Crippen molar-refractivity contribution < 1.29 is 32.7 Å². The molecule has 254 valence electrons. The molecule has 0 unspecified atom stereocenters. The molecule has 0 saturated carbocycles. The van der Waals surface area contributed by atoms with Crippen LogP contribution in [0.4, 0.5) is 19.7 Å². The van der Waals surface area contributed by atoms with Gasteiger partial charge in [0.05, 0.1) is 29.0 Å². The van der Waals surface area contributed by atoms with Crippen LogP contribution in [0, 0.1) is 5.82 Å². The van der Waals surface area contributed by atoms with E-state index in [0.29, 0.717) is 43.1 Å². The monoisotopic (exact) mass is 660 g/mol. The first-order valence-electron chi connectivity index (χ1n) is 16.2. The van der Waals surface area contributed by atoms with Crippen LogP contribution in [-0.4, -0.2) is 73.2 Å². The van der Waals surface area contributed by atoms with E-state index in [1.54, 1.807) is 37.9 Å². The number of imidazole rings is 1. The highest BCUT2D eigenvalue weighted by molar-refractivity contribution is 5.97. The highest BCUT2D eigenvalue weighted by Crippen LogP contribution is 2.35. The van der Waals surface area contributed by atoms with Crippen molar-refractivity contribution in [2.75, 3.05) is 18.4 Å². The number of fused-ring (bicyclic) bond motifs is 1. The third kappa shape index (κ3) is 7.14. The van der Waals surface area contributed by atoms with Crippen LogP contribution in [0.25, 0.3) is 33.8 Å². The van der Waals surface area contributed by atoms with Crippen LogP contribution >= 0.6 is 0 Å². The zero-order valence-electron chi connectivity index (χ0n) is 28.1. The second-order valence-electron chi connectivity index (χ2n) is 14.2. The van der Waals surface area contributed by atoms with E-state index in [2.05, 4.69) is 15.3 Å². The lowest BCUT2D eigenvalue weighted by atomic mass is 10.1. The fourth-order valence-corrected chi connectivity index (χ4v) is 6.02. The summed E-state index contributed by atoms with van der Waals surface area (Å²) in [5.74, 6) is 0.225. The maximum absolute atomic E-state index is 15.2. The molecular weight excluding hydrogens is 619 g/mol. The van der Waals surface area contributed by atoms with Crippen LogP contribution in [0.3, 0.4) is 0 Å². The number of aromatic amines is 1. The Hall–Kier alpha value is -4.94. The number of amides is 3. The van der Waals surface area contributed by atoms with Crippen molar-refractivity contribution in [3.63, 3.8) is 0 Å². The van der Waals surface area contributed by atoms with E-state index < -0.39 is 35.1 Å². The summed E-state index contributed by atoms with van der Waals surface area (Å²) in [7, 11) is 0. The van der Waals surface area contributed by atoms with Crippen LogP contribution in [0.15, 0.2) is 47.0 Å². The number of halogens is 1. The lowest BCUT2D eigenvalue weighted by molar-refractivity contribution is -0.120. The Labute approximate surface area is 278 Å². The summed E-state index contributed by atoms with van der Waals surface area (Å²) in [4.78, 5) is 54.0. The molecule has 0 bridgehead atoms. The Morgan fingerprint density at radius 2 is 1.58 bits per heavy atom. The molecule has 2 aliphatic heterocycles. The number of hydrogen-bond acceptors (Lipinski definition) is 8. The molecule has 2 aliphatic rings. The van der Waals surface area contributed by atoms with Gasteiger partial charge in [-0.2, -0.15) is 0 Å². The average Bonchev–Trinajstić information content (AvgIpc) is 3.81. The molecule has 2 aromatic heterocycles. The van der Waals surface area contributed by atoms with Gasteiger partial charge in [0.15, 0.2) is 5.76 Å². The zero-order chi connectivity index (χ0) is 34.4. The molecule has 0 aliphatic carbocycles. The van der Waals surface area contributed by atoms with Crippen molar-refractivity contribution in [1.29, 1.82) is 0 Å². The van der Waals surface area contributed by atoms with Crippen LogP contribution in [0.5, 0.6) is 0 Å². The summed E-state index contributed by atoms with van der Waals surface area (Å²) in [5, 5.41) is 2.61. The molecular formula is C35H41FN6O6. The smallest absolute Gasteiger partial charge is 0.410 e. The number of H-pyrrole nitrogens is 1. The first-order valence-corrected chi connectivity index (χ1v) is 16.2. The summed E-state index contributed by atoms with van der Waals surface area (Å²) < 4.78 is 32.3. The van der Waals surface area contributed by atoms with Gasteiger partial charge in [0.1, 0.15) is 28.9 Å². The minimum absolute atomic E-state index is 0.0143. The number of anilines is 1. The number of rotatable bonds is 5. The molecule has 2 aromatic carbocycles. The zero-order valence-corrected chi connectivity index (χ0v) is 28.1. The van der Waals surface area contributed by atoms with Gasteiger partial charge in [-0.05, 0) is 104 Å². The number of aromatic nitrogens is 3. The fraction of sp³-hybridized carbons (Fsp3) is 0.457. The van der Waals surface area contributed by atoms with Crippen LogP contribution in [0.1, 0.15) is 79.1 Å². The number of ether oxygens (including phenoxy) is 2. The first-order chi connectivity index (χ1) is 22.6. The minimum atomic E-state index is -0.751. The number of nitrogens with one attached hydrogen (secondary N) is 2. The summed E-state index contributed by atoms with van der Waals surface area (Å²) in [6.07, 6.45) is 3.38. The number of carbonyl (C=O) groups is 3. The second kappa shape index (κ2) is 12.6. The Bertz CT molecular complexity index is 1850. The number of hydrogen-bond donors (Lipinski definition) is 2. The standard InChI is InChI=1S/C35H41FN6O6/c1-34(2,3)47-32(44)41-15-7-9-26(41)29-38-24-14-11-20(18-25(24)39-29)28-19-37-31(46-28)21-12-13-23(22(36)17-21)40-30(43)27-10-8-16-42(27)33(45)48-35(4,5)6/h11-14,17-19,26-27H,7-10,15-16H2,1-6H3,(H,38,39)(H,40,43)/t26-,27-/m0/s1. The predicted octanol–water partition coefficient (Wildman–Crippen LogP) is 7.43. The van der Waals surface area contributed by atoms with Gasteiger partial charge in [-0.25, -0.2) is 23.9 Å². The molecule has 0 spiro atoms. The molecule has 2 N–H and O–H groups in total. The molecule has 6 rings (SSSR count). The van der Waals surface area contributed by atoms with E-state index in [0.717, 1.165) is 29.4 Å². The second-order valence-corrected chi connectivity index (χ2v) is 14.2. The molecule has 4 heterocycles. The van der Waals surface area contributed by atoms with Gasteiger partial charge in [0.25, 0.3) is 0 Å². The van der Waals surface area contributed by atoms with Gasteiger partial charge in [0.2, 0.25) is 11.8 Å². The van der Waals surface area contributed by atoms with Gasteiger partial charge in [-0.3, -0.25) is 14.6 Å². The minimum Gasteiger partial charge on any atom is -0.444 e. The van der Waals surface area contributed by atoms with E-state index in [1.165, 1.54) is 17.0 Å². The molecule has 0 radical (unpaired) electrons. The molecule has 2 saturated heterocycles. The van der Waals surface area contributed by atoms with E-state index >= 15 is 4.39 Å². The van der Waals surface area contributed by atoms with Crippen molar-refractivity contribution in [3.05, 3.63) is 54.2 Å².